The van der Waals surface area contributed by atoms with E-state index in [-0.39, 0.29) is 52.5 Å². The molecule has 0 aromatic heterocycles. The molecule has 0 heterocycles. The van der Waals surface area contributed by atoms with Gasteiger partial charge in [-0.15, -0.1) is 0 Å². The van der Waals surface area contributed by atoms with Crippen molar-refractivity contribution in [3.63, 3.8) is 0 Å². The summed E-state index contributed by atoms with van der Waals surface area (Å²) in [6.07, 6.45) is 1.09. The van der Waals surface area contributed by atoms with E-state index in [2.05, 4.69) is 6.58 Å². The molecule has 3 aliphatic carbocycles. The average Bonchev–Trinajstić information content (AvgIpc) is 2.60. The quantitative estimate of drug-likeness (QED) is 0.585. The van der Waals surface area contributed by atoms with Gasteiger partial charge in [-0.3, -0.25) is 19.7 Å². The maximum atomic E-state index is 13.4. The van der Waals surface area contributed by atoms with Crippen molar-refractivity contribution in [2.45, 2.75) is 33.1 Å². The highest BCUT2D eigenvalue weighted by Gasteiger charge is 2.47. The zero-order valence-electron chi connectivity index (χ0n) is 16.3. The van der Waals surface area contributed by atoms with Crippen molar-refractivity contribution < 1.29 is 19.6 Å². The molecule has 3 atom stereocenters. The molecule has 7 nitrogen and oxygen atoms in total. The third kappa shape index (κ3) is 2.64. The van der Waals surface area contributed by atoms with Gasteiger partial charge < -0.3 is 10.8 Å². The summed E-state index contributed by atoms with van der Waals surface area (Å²) in [6.45, 7) is 7.18. The topological polar surface area (TPSA) is 124 Å². The first-order valence-electron chi connectivity index (χ1n) is 9.56. The van der Waals surface area contributed by atoms with Crippen LogP contribution in [0, 0.1) is 34.8 Å². The third-order valence-corrected chi connectivity index (χ3v) is 6.57. The highest BCUT2D eigenvalue weighted by molar-refractivity contribution is 6.13. The Balaban J connectivity index is 1.91. The van der Waals surface area contributed by atoms with Crippen molar-refractivity contribution in [3.05, 3.63) is 73.7 Å². The number of nitro groups is 1. The SMILES string of the molecule is C=C(N)C1=C(O)C2C(C)=C3C(=O)c4c(C)ccc([N+](=O)[O-])c4CC3CC2CC1=O. The number of hydrogen-bond acceptors (Lipinski definition) is 6. The van der Waals surface area contributed by atoms with Gasteiger partial charge in [-0.05, 0) is 44.1 Å². The third-order valence-electron chi connectivity index (χ3n) is 6.57. The Morgan fingerprint density at radius 1 is 1.28 bits per heavy atom. The van der Waals surface area contributed by atoms with Crippen LogP contribution in [-0.4, -0.2) is 21.6 Å². The van der Waals surface area contributed by atoms with Crippen molar-refractivity contribution in [2.24, 2.45) is 23.5 Å². The van der Waals surface area contributed by atoms with E-state index in [1.807, 2.05) is 0 Å². The van der Waals surface area contributed by atoms with Gasteiger partial charge in [-0.2, -0.15) is 0 Å². The van der Waals surface area contributed by atoms with Crippen LogP contribution in [0.5, 0.6) is 0 Å². The Labute approximate surface area is 167 Å². The number of nitro benzene ring substituents is 1. The average molecular weight is 394 g/mol. The normalized spacial score (nSPS) is 26.1. The lowest BCUT2D eigenvalue weighted by molar-refractivity contribution is -0.385. The van der Waals surface area contributed by atoms with Crippen molar-refractivity contribution in [2.75, 3.05) is 0 Å². The van der Waals surface area contributed by atoms with Gasteiger partial charge in [-0.25, -0.2) is 0 Å². The van der Waals surface area contributed by atoms with E-state index in [1.54, 1.807) is 19.9 Å². The van der Waals surface area contributed by atoms with Gasteiger partial charge in [0.05, 0.1) is 10.5 Å². The van der Waals surface area contributed by atoms with Crippen molar-refractivity contribution >= 4 is 17.3 Å². The van der Waals surface area contributed by atoms with Crippen LogP contribution in [0.25, 0.3) is 0 Å². The van der Waals surface area contributed by atoms with Gasteiger partial charge in [0.1, 0.15) is 5.76 Å². The second kappa shape index (κ2) is 6.40. The minimum absolute atomic E-state index is 0.0256. The van der Waals surface area contributed by atoms with Gasteiger partial charge in [0.2, 0.25) is 0 Å². The van der Waals surface area contributed by atoms with Crippen molar-refractivity contribution in [3.8, 4) is 0 Å². The fraction of sp³-hybridized carbons (Fsp3) is 0.364. The predicted octanol–water partition coefficient (Wildman–Crippen LogP) is 3.47. The minimum Gasteiger partial charge on any atom is -0.511 e. The molecular weight excluding hydrogens is 372 g/mol. The van der Waals surface area contributed by atoms with Crippen LogP contribution >= 0.6 is 0 Å². The number of fused-ring (bicyclic) bond motifs is 3. The number of ketones is 2. The fourth-order valence-corrected chi connectivity index (χ4v) is 5.45. The molecule has 0 bridgehead atoms. The lowest BCUT2D eigenvalue weighted by atomic mass is 9.60. The van der Waals surface area contributed by atoms with Gasteiger partial charge in [0.15, 0.2) is 11.6 Å². The zero-order valence-corrected chi connectivity index (χ0v) is 16.3. The van der Waals surface area contributed by atoms with E-state index in [9.17, 15) is 24.8 Å². The molecule has 29 heavy (non-hydrogen) atoms. The van der Waals surface area contributed by atoms with Gasteiger partial charge in [0, 0.05) is 40.8 Å². The number of carbonyl (C=O) groups is 2. The smallest absolute Gasteiger partial charge is 0.273 e. The number of carbonyl (C=O) groups excluding carboxylic acids is 2. The van der Waals surface area contributed by atoms with Crippen LogP contribution in [-0.2, 0) is 11.2 Å². The summed E-state index contributed by atoms with van der Waals surface area (Å²) in [5, 5.41) is 22.3. The highest BCUT2D eigenvalue weighted by Crippen LogP contribution is 2.51. The first-order valence-corrected chi connectivity index (χ1v) is 9.56. The van der Waals surface area contributed by atoms with E-state index >= 15 is 0 Å². The molecule has 1 aromatic carbocycles. The number of hydrogen-bond donors (Lipinski definition) is 2. The maximum Gasteiger partial charge on any atom is 0.273 e. The second-order valence-corrected chi connectivity index (χ2v) is 8.23. The van der Waals surface area contributed by atoms with Gasteiger partial charge >= 0.3 is 0 Å². The molecule has 0 radical (unpaired) electrons. The standard InChI is InChI=1S/C22H22N2O5/c1-9-4-5-15(24(28)29)14-7-12-6-13-8-16(25)20(11(3)23)22(27)19(13)10(2)18(12)21(26)17(9)14/h4-5,12-13,19,27H,3,6-8,23H2,1-2H3. The molecule has 4 rings (SSSR count). The Kier molecular flexibility index (Phi) is 4.22. The number of nitrogens with zero attached hydrogens (tertiary/aromatic N) is 1. The molecule has 3 aliphatic rings. The van der Waals surface area contributed by atoms with Gasteiger partial charge in [-0.1, -0.05) is 18.2 Å². The van der Waals surface area contributed by atoms with Crippen LogP contribution in [0.1, 0.15) is 41.3 Å². The molecule has 150 valence electrons. The summed E-state index contributed by atoms with van der Waals surface area (Å²) >= 11 is 0. The van der Waals surface area contributed by atoms with Crippen LogP contribution in [0.4, 0.5) is 5.69 Å². The molecule has 0 spiro atoms. The molecule has 0 aliphatic heterocycles. The van der Waals surface area contributed by atoms with E-state index < -0.39 is 10.8 Å². The number of aliphatic hydroxyl groups excluding tert-OH is 1. The highest BCUT2D eigenvalue weighted by atomic mass is 16.6. The molecular formula is C22H22N2O5. The lowest BCUT2D eigenvalue weighted by Gasteiger charge is -2.42. The largest absolute Gasteiger partial charge is 0.511 e. The summed E-state index contributed by atoms with van der Waals surface area (Å²) in [5.74, 6) is -1.42. The summed E-state index contributed by atoms with van der Waals surface area (Å²) in [4.78, 5) is 37.0. The van der Waals surface area contributed by atoms with Crippen LogP contribution < -0.4 is 5.73 Å². The van der Waals surface area contributed by atoms with Crippen LogP contribution in [0.15, 0.2) is 46.9 Å². The maximum absolute atomic E-state index is 13.4. The second-order valence-electron chi connectivity index (χ2n) is 8.23. The minimum atomic E-state index is -0.459. The summed E-state index contributed by atoms with van der Waals surface area (Å²) < 4.78 is 0. The van der Waals surface area contributed by atoms with E-state index in [0.717, 1.165) is 5.57 Å². The monoisotopic (exact) mass is 394 g/mol. The molecule has 0 fully saturated rings. The Bertz CT molecular complexity index is 1080. The summed E-state index contributed by atoms with van der Waals surface area (Å²) in [6, 6.07) is 3.05. The van der Waals surface area contributed by atoms with E-state index in [1.165, 1.54) is 6.07 Å². The lowest BCUT2D eigenvalue weighted by Crippen LogP contribution is -2.40. The van der Waals surface area contributed by atoms with Crippen molar-refractivity contribution in [1.29, 1.82) is 0 Å². The number of rotatable bonds is 2. The predicted molar refractivity (Wildman–Crippen MR) is 106 cm³/mol. The number of benzene rings is 1. The number of allylic oxidation sites excluding steroid dienone is 3. The fourth-order valence-electron chi connectivity index (χ4n) is 5.45. The Morgan fingerprint density at radius 3 is 2.59 bits per heavy atom. The Morgan fingerprint density at radius 2 is 1.97 bits per heavy atom. The van der Waals surface area contributed by atoms with E-state index in [0.29, 0.717) is 35.1 Å². The first-order chi connectivity index (χ1) is 13.6. The summed E-state index contributed by atoms with van der Waals surface area (Å²) in [7, 11) is 0. The molecule has 7 heteroatoms. The molecule has 0 saturated heterocycles. The van der Waals surface area contributed by atoms with Crippen molar-refractivity contribution in [1.82, 2.24) is 0 Å². The molecule has 3 unspecified atom stereocenters. The number of aliphatic hydroxyl groups is 1. The molecule has 1 aromatic rings. The van der Waals surface area contributed by atoms with Crippen LogP contribution in [0.2, 0.25) is 0 Å². The molecule has 0 saturated carbocycles. The first kappa shape index (κ1) is 19.1. The number of Topliss-reactive ketones (excluding diaryl/α,β-unsaturated/α-hetero) is 2. The Hall–Kier alpha value is -3.22. The van der Waals surface area contributed by atoms with Gasteiger partial charge in [0.25, 0.3) is 5.69 Å². The number of aryl methyl sites for hydroxylation is 1. The number of nitrogens with two attached hydrogens (primary N) is 1. The van der Waals surface area contributed by atoms with E-state index in [4.69, 9.17) is 5.73 Å². The molecule has 3 N–H and O–H groups in total. The summed E-state index contributed by atoms with van der Waals surface area (Å²) in [5.41, 5.74) is 8.65. The van der Waals surface area contributed by atoms with Crippen LogP contribution in [0.3, 0.4) is 0 Å². The zero-order chi connectivity index (χ0) is 21.2. The molecule has 0 amide bonds.